The van der Waals surface area contributed by atoms with Crippen molar-refractivity contribution in [3.8, 4) is 0 Å². The number of benzene rings is 1. The first-order valence-corrected chi connectivity index (χ1v) is 3.84. The molecule has 0 amide bonds. The minimum absolute atomic E-state index is 1.02. The van der Waals surface area contributed by atoms with Crippen molar-refractivity contribution in [3.05, 3.63) is 29.3 Å². The molecule has 2 nitrogen and oxygen atoms in total. The van der Waals surface area contributed by atoms with Crippen molar-refractivity contribution in [2.45, 2.75) is 20.3 Å². The molecule has 0 spiro atoms. The molecule has 1 aromatic carbocycles. The van der Waals surface area contributed by atoms with E-state index in [9.17, 15) is 0 Å². The Labute approximate surface area is 67.4 Å². The molecule has 0 radical (unpaired) electrons. The van der Waals surface area contributed by atoms with Crippen LogP contribution in [0.5, 0.6) is 0 Å². The Balaban J connectivity index is 3.13. The fourth-order valence-corrected chi connectivity index (χ4v) is 1.31. The maximum Gasteiger partial charge on any atom is 0.0519 e. The SMILES string of the molecule is CCc1c(C)cccc1NN. The second kappa shape index (κ2) is 3.39. The topological polar surface area (TPSA) is 38.0 Å². The summed E-state index contributed by atoms with van der Waals surface area (Å²) in [6, 6.07) is 6.09. The molecule has 2 heteroatoms. The van der Waals surface area contributed by atoms with Crippen molar-refractivity contribution in [2.75, 3.05) is 5.43 Å². The molecule has 0 heterocycles. The van der Waals surface area contributed by atoms with E-state index in [0.29, 0.717) is 0 Å². The molecule has 0 bridgehead atoms. The zero-order chi connectivity index (χ0) is 8.27. The monoisotopic (exact) mass is 150 g/mol. The molecule has 0 atom stereocenters. The summed E-state index contributed by atoms with van der Waals surface area (Å²) >= 11 is 0. The van der Waals surface area contributed by atoms with E-state index in [0.717, 1.165) is 12.1 Å². The number of nitrogens with two attached hydrogens (primary N) is 1. The van der Waals surface area contributed by atoms with E-state index in [2.05, 4.69) is 25.3 Å². The third-order valence-electron chi connectivity index (χ3n) is 1.92. The van der Waals surface area contributed by atoms with Gasteiger partial charge in [-0.2, -0.15) is 0 Å². The quantitative estimate of drug-likeness (QED) is 0.498. The smallest absolute Gasteiger partial charge is 0.0519 e. The van der Waals surface area contributed by atoms with Crippen molar-refractivity contribution in [3.63, 3.8) is 0 Å². The molecule has 0 saturated carbocycles. The van der Waals surface area contributed by atoms with Gasteiger partial charge in [0, 0.05) is 0 Å². The van der Waals surface area contributed by atoms with E-state index >= 15 is 0 Å². The highest BCUT2D eigenvalue weighted by Gasteiger charge is 1.99. The standard InChI is InChI=1S/C9H14N2/c1-3-8-7(2)5-4-6-9(8)11-10/h4-6,11H,3,10H2,1-2H3. The second-order valence-corrected chi connectivity index (χ2v) is 2.60. The minimum atomic E-state index is 1.02. The van der Waals surface area contributed by atoms with Crippen LogP contribution in [0.4, 0.5) is 5.69 Å². The summed E-state index contributed by atoms with van der Waals surface area (Å²) in [7, 11) is 0. The van der Waals surface area contributed by atoms with Gasteiger partial charge in [0.1, 0.15) is 0 Å². The normalized spacial score (nSPS) is 9.73. The van der Waals surface area contributed by atoms with Gasteiger partial charge in [-0.3, -0.25) is 5.84 Å². The van der Waals surface area contributed by atoms with Gasteiger partial charge >= 0.3 is 0 Å². The molecule has 0 aromatic heterocycles. The lowest BCUT2D eigenvalue weighted by atomic mass is 10.0. The fraction of sp³-hybridized carbons (Fsp3) is 0.333. The van der Waals surface area contributed by atoms with E-state index < -0.39 is 0 Å². The van der Waals surface area contributed by atoms with Crippen LogP contribution >= 0.6 is 0 Å². The van der Waals surface area contributed by atoms with Crippen LogP contribution in [-0.2, 0) is 6.42 Å². The first-order chi connectivity index (χ1) is 5.29. The molecule has 0 fully saturated rings. The fourth-order valence-electron chi connectivity index (χ4n) is 1.31. The van der Waals surface area contributed by atoms with Crippen LogP contribution in [0.2, 0.25) is 0 Å². The van der Waals surface area contributed by atoms with E-state index in [-0.39, 0.29) is 0 Å². The van der Waals surface area contributed by atoms with Gasteiger partial charge in [-0.1, -0.05) is 19.1 Å². The zero-order valence-corrected chi connectivity index (χ0v) is 7.02. The highest BCUT2D eigenvalue weighted by Crippen LogP contribution is 2.18. The lowest BCUT2D eigenvalue weighted by Crippen LogP contribution is -2.09. The first kappa shape index (κ1) is 8.08. The van der Waals surface area contributed by atoms with Crippen molar-refractivity contribution in [1.29, 1.82) is 0 Å². The lowest BCUT2D eigenvalue weighted by molar-refractivity contribution is 1.10. The van der Waals surface area contributed by atoms with Crippen molar-refractivity contribution in [1.82, 2.24) is 0 Å². The van der Waals surface area contributed by atoms with Gasteiger partial charge in [-0.15, -0.1) is 0 Å². The second-order valence-electron chi connectivity index (χ2n) is 2.60. The van der Waals surface area contributed by atoms with Crippen LogP contribution in [0.1, 0.15) is 18.1 Å². The average molecular weight is 150 g/mol. The van der Waals surface area contributed by atoms with E-state index in [1.54, 1.807) is 0 Å². The van der Waals surface area contributed by atoms with Crippen LogP contribution in [0, 0.1) is 6.92 Å². The van der Waals surface area contributed by atoms with E-state index in [4.69, 9.17) is 5.84 Å². The molecule has 0 saturated heterocycles. The summed E-state index contributed by atoms with van der Waals surface area (Å²) < 4.78 is 0. The van der Waals surface area contributed by atoms with Gasteiger partial charge in [-0.25, -0.2) is 0 Å². The third kappa shape index (κ3) is 1.52. The van der Waals surface area contributed by atoms with E-state index in [1.807, 2.05) is 12.1 Å². The number of nitrogen functional groups attached to an aromatic ring is 1. The molecular formula is C9H14N2. The average Bonchev–Trinajstić information content (AvgIpc) is 2.04. The van der Waals surface area contributed by atoms with Gasteiger partial charge in [0.25, 0.3) is 0 Å². The van der Waals surface area contributed by atoms with Crippen molar-refractivity contribution < 1.29 is 0 Å². The van der Waals surface area contributed by atoms with Gasteiger partial charge in [0.05, 0.1) is 5.69 Å². The summed E-state index contributed by atoms with van der Waals surface area (Å²) in [5.74, 6) is 5.35. The number of aryl methyl sites for hydroxylation is 1. The highest BCUT2D eigenvalue weighted by atomic mass is 15.2. The molecule has 0 unspecified atom stereocenters. The van der Waals surface area contributed by atoms with Gasteiger partial charge in [-0.05, 0) is 30.5 Å². The predicted molar refractivity (Wildman–Crippen MR) is 48.4 cm³/mol. The molecule has 0 aliphatic heterocycles. The zero-order valence-electron chi connectivity index (χ0n) is 7.02. The summed E-state index contributed by atoms with van der Waals surface area (Å²) in [4.78, 5) is 0. The Morgan fingerprint density at radius 1 is 1.45 bits per heavy atom. The molecule has 0 aliphatic rings. The lowest BCUT2D eigenvalue weighted by Gasteiger charge is -2.08. The van der Waals surface area contributed by atoms with Crippen molar-refractivity contribution in [2.24, 2.45) is 5.84 Å². The Hall–Kier alpha value is -1.02. The maximum atomic E-state index is 5.35. The van der Waals surface area contributed by atoms with Gasteiger partial charge in [0.2, 0.25) is 0 Å². The highest BCUT2D eigenvalue weighted by molar-refractivity contribution is 5.53. The number of hydrazine groups is 1. The summed E-state index contributed by atoms with van der Waals surface area (Å²) in [6.07, 6.45) is 1.02. The van der Waals surface area contributed by atoms with Crippen LogP contribution in [0.25, 0.3) is 0 Å². The van der Waals surface area contributed by atoms with Crippen LogP contribution in [-0.4, -0.2) is 0 Å². The number of hydrogen-bond acceptors (Lipinski definition) is 2. The minimum Gasteiger partial charge on any atom is -0.324 e. The van der Waals surface area contributed by atoms with Gasteiger partial charge < -0.3 is 5.43 Å². The third-order valence-corrected chi connectivity index (χ3v) is 1.92. The summed E-state index contributed by atoms with van der Waals surface area (Å²) in [5.41, 5.74) is 6.32. The summed E-state index contributed by atoms with van der Waals surface area (Å²) in [5, 5.41) is 0. The number of nitrogens with one attached hydrogen (secondary N) is 1. The molecule has 60 valence electrons. The Bertz CT molecular complexity index is 243. The molecule has 11 heavy (non-hydrogen) atoms. The Morgan fingerprint density at radius 2 is 2.18 bits per heavy atom. The molecule has 1 rings (SSSR count). The largest absolute Gasteiger partial charge is 0.324 e. The molecule has 1 aromatic rings. The van der Waals surface area contributed by atoms with E-state index in [1.165, 1.54) is 11.1 Å². The van der Waals surface area contributed by atoms with Crippen LogP contribution in [0.3, 0.4) is 0 Å². The first-order valence-electron chi connectivity index (χ1n) is 3.84. The maximum absolute atomic E-state index is 5.35. The number of anilines is 1. The van der Waals surface area contributed by atoms with Crippen LogP contribution in [0.15, 0.2) is 18.2 Å². The molecule has 3 N–H and O–H groups in total. The van der Waals surface area contributed by atoms with Gasteiger partial charge in [0.15, 0.2) is 0 Å². The van der Waals surface area contributed by atoms with Crippen LogP contribution < -0.4 is 11.3 Å². The Kier molecular flexibility index (Phi) is 2.49. The number of hydrogen-bond donors (Lipinski definition) is 2. The molecule has 0 aliphatic carbocycles. The Morgan fingerprint density at radius 3 is 2.64 bits per heavy atom. The van der Waals surface area contributed by atoms with Crippen molar-refractivity contribution >= 4 is 5.69 Å². The predicted octanol–water partition coefficient (Wildman–Crippen LogP) is 1.84. The summed E-state index contributed by atoms with van der Waals surface area (Å²) in [6.45, 7) is 4.23. The molecular weight excluding hydrogens is 136 g/mol. The number of rotatable bonds is 2.